The number of anilines is 2. The lowest BCUT2D eigenvalue weighted by atomic mass is 10.1. The highest BCUT2D eigenvalue weighted by Crippen LogP contribution is 2.32. The van der Waals surface area contributed by atoms with Gasteiger partial charge in [-0.05, 0) is 54.5 Å². The molecule has 0 radical (unpaired) electrons. The summed E-state index contributed by atoms with van der Waals surface area (Å²) < 4.78 is 14.8. The summed E-state index contributed by atoms with van der Waals surface area (Å²) >= 11 is 0. The third-order valence-electron chi connectivity index (χ3n) is 7.02. The Morgan fingerprint density at radius 3 is 2.43 bits per heavy atom. The average molecular weight is 471 g/mol. The van der Waals surface area contributed by atoms with Crippen LogP contribution in [0.4, 0.5) is 15.9 Å². The molecule has 0 amide bonds. The van der Waals surface area contributed by atoms with E-state index in [1.165, 1.54) is 19.4 Å². The summed E-state index contributed by atoms with van der Waals surface area (Å²) in [7, 11) is 0. The van der Waals surface area contributed by atoms with E-state index in [1.54, 1.807) is 24.4 Å². The van der Waals surface area contributed by atoms with Crippen molar-refractivity contribution in [2.45, 2.75) is 12.8 Å². The molecule has 178 valence electrons. The van der Waals surface area contributed by atoms with Gasteiger partial charge < -0.3 is 15.6 Å². The number of hydrogen-bond acceptors (Lipinski definition) is 6. The van der Waals surface area contributed by atoms with E-state index in [2.05, 4.69) is 24.8 Å². The van der Waals surface area contributed by atoms with Crippen LogP contribution >= 0.6 is 0 Å². The summed E-state index contributed by atoms with van der Waals surface area (Å²) in [5.41, 5.74) is 8.87. The Labute approximate surface area is 202 Å². The van der Waals surface area contributed by atoms with Crippen molar-refractivity contribution in [1.82, 2.24) is 19.9 Å². The number of rotatable bonds is 5. The summed E-state index contributed by atoms with van der Waals surface area (Å²) in [6, 6.07) is 14.9. The van der Waals surface area contributed by atoms with Gasteiger partial charge in [0, 0.05) is 61.1 Å². The van der Waals surface area contributed by atoms with Gasteiger partial charge in [-0.3, -0.25) is 9.69 Å². The van der Waals surface area contributed by atoms with Crippen LogP contribution in [0.2, 0.25) is 0 Å². The van der Waals surface area contributed by atoms with Gasteiger partial charge in [-0.1, -0.05) is 18.2 Å². The maximum Gasteiger partial charge on any atom is 0.255 e. The van der Waals surface area contributed by atoms with Crippen molar-refractivity contribution < 1.29 is 4.39 Å². The summed E-state index contributed by atoms with van der Waals surface area (Å²) in [6.45, 7) is 5.39. The molecular weight excluding hydrogens is 443 g/mol. The highest BCUT2D eigenvalue weighted by atomic mass is 19.1. The zero-order valence-electron chi connectivity index (χ0n) is 19.4. The minimum Gasteiger partial charge on any atom is -0.382 e. The number of pyridine rings is 1. The molecule has 35 heavy (non-hydrogen) atoms. The maximum absolute atomic E-state index is 14.8. The van der Waals surface area contributed by atoms with E-state index in [1.807, 2.05) is 30.3 Å². The zero-order valence-corrected chi connectivity index (χ0v) is 19.4. The number of benzene rings is 2. The van der Waals surface area contributed by atoms with Gasteiger partial charge in [0.05, 0.1) is 0 Å². The molecule has 0 spiro atoms. The van der Waals surface area contributed by atoms with Crippen LogP contribution in [0.1, 0.15) is 12.8 Å². The molecule has 2 aromatic carbocycles. The number of piperazine rings is 1. The fourth-order valence-electron chi connectivity index (χ4n) is 4.85. The van der Waals surface area contributed by atoms with E-state index in [9.17, 15) is 9.18 Å². The van der Waals surface area contributed by atoms with Crippen molar-refractivity contribution in [3.05, 3.63) is 71.0 Å². The third kappa shape index (κ3) is 4.37. The maximum atomic E-state index is 14.8. The quantitative estimate of drug-likeness (QED) is 0.460. The Morgan fingerprint density at radius 2 is 1.69 bits per heavy atom. The minimum atomic E-state index is -0.704. The summed E-state index contributed by atoms with van der Waals surface area (Å²) in [6.07, 6.45) is 4.36. The van der Waals surface area contributed by atoms with Gasteiger partial charge in [-0.25, -0.2) is 4.98 Å². The number of nitrogen functional groups attached to an aromatic ring is 1. The highest BCUT2D eigenvalue weighted by Gasteiger charge is 2.26. The molecule has 8 heteroatoms. The molecule has 0 unspecified atom stereocenters. The fourth-order valence-corrected chi connectivity index (χ4v) is 4.85. The summed E-state index contributed by atoms with van der Waals surface area (Å²) in [5.74, 6) is 0.222. The van der Waals surface area contributed by atoms with Crippen molar-refractivity contribution in [3.8, 4) is 22.5 Å². The number of halogens is 1. The van der Waals surface area contributed by atoms with Crippen LogP contribution in [-0.4, -0.2) is 52.6 Å². The molecular formula is C27H27FN6O. The first-order valence-electron chi connectivity index (χ1n) is 12.1. The SMILES string of the molecule is Nc1nc(F)c(-c2ccc(N3CCN(CC4CC4)CC3)cc2)nc1-c1ccc2c(=O)[nH]ccc2c1. The summed E-state index contributed by atoms with van der Waals surface area (Å²) in [5, 5.41) is 1.31. The first kappa shape index (κ1) is 21.7. The van der Waals surface area contributed by atoms with Crippen LogP contribution in [-0.2, 0) is 0 Å². The van der Waals surface area contributed by atoms with Crippen LogP contribution in [0, 0.1) is 11.9 Å². The van der Waals surface area contributed by atoms with Crippen molar-refractivity contribution >= 4 is 22.3 Å². The standard InChI is InChI=1S/C27H27FN6O/c28-25-23(18-3-6-21(7-4-18)34-13-11-33(12-14-34)16-17-1-2-17)31-24(26(29)32-25)20-5-8-22-19(15-20)9-10-30-27(22)35/h3-10,15,17H,1-2,11-14,16H2,(H2,29,32)(H,30,35). The van der Waals surface area contributed by atoms with E-state index in [0.29, 0.717) is 22.2 Å². The van der Waals surface area contributed by atoms with Gasteiger partial charge in [0.2, 0.25) is 5.95 Å². The van der Waals surface area contributed by atoms with Crippen molar-refractivity contribution in [2.24, 2.45) is 5.92 Å². The lowest BCUT2D eigenvalue weighted by Gasteiger charge is -2.36. The Hall–Kier alpha value is -3.78. The van der Waals surface area contributed by atoms with Crippen LogP contribution in [0.3, 0.4) is 0 Å². The molecule has 0 bridgehead atoms. The van der Waals surface area contributed by atoms with Gasteiger partial charge in [0.15, 0.2) is 5.82 Å². The Kier molecular flexibility index (Phi) is 5.45. The third-order valence-corrected chi connectivity index (χ3v) is 7.02. The smallest absolute Gasteiger partial charge is 0.255 e. The predicted molar refractivity (Wildman–Crippen MR) is 137 cm³/mol. The van der Waals surface area contributed by atoms with Crippen molar-refractivity contribution in [3.63, 3.8) is 0 Å². The molecule has 6 rings (SSSR count). The van der Waals surface area contributed by atoms with Gasteiger partial charge in [-0.2, -0.15) is 9.37 Å². The second-order valence-corrected chi connectivity index (χ2v) is 9.48. The van der Waals surface area contributed by atoms with Crippen LogP contribution in [0.25, 0.3) is 33.3 Å². The molecule has 1 aliphatic carbocycles. The molecule has 2 aromatic heterocycles. The number of H-pyrrole nitrogens is 1. The Balaban J connectivity index is 1.26. The highest BCUT2D eigenvalue weighted by molar-refractivity contribution is 5.87. The molecule has 1 aliphatic heterocycles. The average Bonchev–Trinajstić information content (AvgIpc) is 3.69. The first-order chi connectivity index (χ1) is 17.0. The Bertz CT molecular complexity index is 1440. The van der Waals surface area contributed by atoms with E-state index in [0.717, 1.165) is 43.2 Å². The molecule has 1 saturated carbocycles. The first-order valence-corrected chi connectivity index (χ1v) is 12.1. The summed E-state index contributed by atoms with van der Waals surface area (Å²) in [4.78, 5) is 28.1. The largest absolute Gasteiger partial charge is 0.382 e. The van der Waals surface area contributed by atoms with Crippen molar-refractivity contribution in [2.75, 3.05) is 43.4 Å². The van der Waals surface area contributed by atoms with Gasteiger partial charge in [0.1, 0.15) is 11.4 Å². The number of hydrogen-bond donors (Lipinski definition) is 2. The van der Waals surface area contributed by atoms with Crippen LogP contribution in [0.5, 0.6) is 0 Å². The number of aromatic amines is 1. The molecule has 2 fully saturated rings. The molecule has 4 aromatic rings. The number of nitrogens with two attached hydrogens (primary N) is 1. The second-order valence-electron chi connectivity index (χ2n) is 9.48. The van der Waals surface area contributed by atoms with Gasteiger partial charge in [-0.15, -0.1) is 0 Å². The van der Waals surface area contributed by atoms with Crippen LogP contribution < -0.4 is 16.2 Å². The minimum absolute atomic E-state index is 0.0103. The molecule has 3 heterocycles. The normalized spacial score (nSPS) is 16.7. The van der Waals surface area contributed by atoms with E-state index >= 15 is 0 Å². The van der Waals surface area contributed by atoms with Crippen molar-refractivity contribution in [1.29, 1.82) is 0 Å². The second kappa shape index (κ2) is 8.78. The molecule has 2 aliphatic rings. The predicted octanol–water partition coefficient (Wildman–Crippen LogP) is 3.91. The molecule has 0 atom stereocenters. The fraction of sp³-hybridized carbons (Fsp3) is 0.296. The molecule has 1 saturated heterocycles. The van der Waals surface area contributed by atoms with Crippen LogP contribution in [0.15, 0.2) is 59.5 Å². The van der Waals surface area contributed by atoms with E-state index in [4.69, 9.17) is 5.73 Å². The van der Waals surface area contributed by atoms with Gasteiger partial charge >= 0.3 is 0 Å². The van der Waals surface area contributed by atoms with E-state index in [-0.39, 0.29) is 17.1 Å². The lowest BCUT2D eigenvalue weighted by Crippen LogP contribution is -2.47. The number of fused-ring (bicyclic) bond motifs is 1. The monoisotopic (exact) mass is 470 g/mol. The number of nitrogens with zero attached hydrogens (tertiary/aromatic N) is 4. The zero-order chi connectivity index (χ0) is 23.9. The topological polar surface area (TPSA) is 91.1 Å². The molecule has 7 nitrogen and oxygen atoms in total. The number of nitrogens with one attached hydrogen (secondary N) is 1. The van der Waals surface area contributed by atoms with E-state index < -0.39 is 5.95 Å². The Morgan fingerprint density at radius 1 is 0.943 bits per heavy atom. The lowest BCUT2D eigenvalue weighted by molar-refractivity contribution is 0.248. The molecule has 3 N–H and O–H groups in total. The van der Waals surface area contributed by atoms with Gasteiger partial charge in [0.25, 0.3) is 5.56 Å². The number of aromatic nitrogens is 3.